The largest absolute Gasteiger partial charge is 0.481 e. The molecule has 3 unspecified atom stereocenters. The number of allylic oxidation sites excluding steroid dienone is 2. The van der Waals surface area contributed by atoms with Crippen molar-refractivity contribution in [2.45, 2.75) is 111 Å². The van der Waals surface area contributed by atoms with Gasteiger partial charge in [-0.15, -0.1) is 0 Å². The van der Waals surface area contributed by atoms with Gasteiger partial charge in [-0.25, -0.2) is 0 Å². The van der Waals surface area contributed by atoms with Gasteiger partial charge in [-0.05, 0) is 59.3 Å². The maximum atomic E-state index is 11.6. The second-order valence-corrected chi connectivity index (χ2v) is 10.9. The standard InChI is InChI=1S/C29H53NO6/c1-5-6-7-8-9-10-11-12-13-14-15-16-17-18-19-20-30(21-24(2)27(31)32,22-25(3)28(33)34)23-26(4)29(35)36/h14-15,24-26H,5-13,16-23H2,1-4H3,(H2-,31,32,33,34,35,36)/p+1/b15-14+. The van der Waals surface area contributed by atoms with Crippen LogP contribution < -0.4 is 0 Å². The molecule has 210 valence electrons. The summed E-state index contributed by atoms with van der Waals surface area (Å²) in [5.41, 5.74) is 0. The van der Waals surface area contributed by atoms with Crippen molar-refractivity contribution in [3.8, 4) is 0 Å². The molecule has 0 aromatic rings. The molecule has 3 N–H and O–H groups in total. The molecular formula is C29H54NO6+. The topological polar surface area (TPSA) is 112 Å². The van der Waals surface area contributed by atoms with E-state index in [1.54, 1.807) is 20.8 Å². The van der Waals surface area contributed by atoms with Crippen LogP contribution in [0.3, 0.4) is 0 Å². The van der Waals surface area contributed by atoms with Crippen LogP contribution in [-0.4, -0.2) is 63.9 Å². The number of carboxylic acids is 3. The number of nitrogens with zero attached hydrogens (tertiary/aromatic N) is 1. The third kappa shape index (κ3) is 16.7. The smallest absolute Gasteiger partial charge is 0.311 e. The zero-order valence-electron chi connectivity index (χ0n) is 23.4. The minimum absolute atomic E-state index is 0.211. The number of carboxylic acid groups (broad SMARTS) is 3. The molecule has 0 saturated carbocycles. The Morgan fingerprint density at radius 3 is 1.28 bits per heavy atom. The van der Waals surface area contributed by atoms with Gasteiger partial charge in [0.05, 0.1) is 26.2 Å². The fourth-order valence-corrected chi connectivity index (χ4v) is 4.99. The lowest BCUT2D eigenvalue weighted by molar-refractivity contribution is -0.934. The Balaban J connectivity index is 4.65. The van der Waals surface area contributed by atoms with Gasteiger partial charge in [-0.3, -0.25) is 14.4 Å². The first kappa shape index (κ1) is 34.1. The Morgan fingerprint density at radius 1 is 0.583 bits per heavy atom. The van der Waals surface area contributed by atoms with Crippen molar-refractivity contribution in [1.29, 1.82) is 0 Å². The molecule has 0 heterocycles. The Kier molecular flexibility index (Phi) is 19.1. The van der Waals surface area contributed by atoms with Crippen molar-refractivity contribution in [2.75, 3.05) is 26.2 Å². The molecule has 0 bridgehead atoms. The first-order valence-corrected chi connectivity index (χ1v) is 14.2. The van der Waals surface area contributed by atoms with Crippen LogP contribution in [0.1, 0.15) is 111 Å². The minimum Gasteiger partial charge on any atom is -0.481 e. The van der Waals surface area contributed by atoms with Crippen molar-refractivity contribution in [3.63, 3.8) is 0 Å². The Labute approximate surface area is 219 Å². The number of unbranched alkanes of at least 4 members (excludes halogenated alkanes) is 11. The Hall–Kier alpha value is -1.89. The van der Waals surface area contributed by atoms with Crippen molar-refractivity contribution < 1.29 is 34.2 Å². The van der Waals surface area contributed by atoms with Gasteiger partial charge in [-0.2, -0.15) is 0 Å². The predicted molar refractivity (Wildman–Crippen MR) is 145 cm³/mol. The van der Waals surface area contributed by atoms with E-state index in [0.717, 1.165) is 32.1 Å². The van der Waals surface area contributed by atoms with Crippen molar-refractivity contribution >= 4 is 17.9 Å². The quantitative estimate of drug-likeness (QED) is 0.0762. The molecule has 0 aliphatic carbocycles. The summed E-state index contributed by atoms with van der Waals surface area (Å²) in [5, 5.41) is 28.5. The zero-order chi connectivity index (χ0) is 27.4. The highest BCUT2D eigenvalue weighted by Crippen LogP contribution is 2.22. The highest BCUT2D eigenvalue weighted by molar-refractivity contribution is 5.70. The van der Waals surface area contributed by atoms with Crippen molar-refractivity contribution in [1.82, 2.24) is 0 Å². The van der Waals surface area contributed by atoms with E-state index in [1.807, 2.05) is 0 Å². The number of quaternary nitrogens is 1. The summed E-state index contributed by atoms with van der Waals surface area (Å²) in [6, 6.07) is 0. The number of carbonyl (C=O) groups is 3. The van der Waals surface area contributed by atoms with Crippen molar-refractivity contribution in [2.24, 2.45) is 17.8 Å². The summed E-state index contributed by atoms with van der Waals surface area (Å²) in [6.07, 6.45) is 20.0. The van der Waals surface area contributed by atoms with Crippen LogP contribution in [0.5, 0.6) is 0 Å². The molecule has 0 spiro atoms. The SMILES string of the molecule is CCCCCCCCCC/C=C/CCCCC[N+](CC(C)C(=O)O)(CC(C)C(=O)O)CC(C)C(=O)O. The van der Waals surface area contributed by atoms with E-state index >= 15 is 0 Å². The fraction of sp³-hybridized carbons (Fsp3) is 0.828. The molecule has 0 amide bonds. The van der Waals surface area contributed by atoms with Gasteiger partial charge < -0.3 is 19.8 Å². The molecule has 0 fully saturated rings. The summed E-state index contributed by atoms with van der Waals surface area (Å²) in [7, 11) is 0. The minimum atomic E-state index is -0.940. The number of hydrogen-bond acceptors (Lipinski definition) is 3. The van der Waals surface area contributed by atoms with E-state index in [1.165, 1.54) is 51.4 Å². The summed E-state index contributed by atoms with van der Waals surface area (Å²) in [4.78, 5) is 34.7. The molecule has 0 saturated heterocycles. The van der Waals surface area contributed by atoms with Gasteiger partial charge in [0.15, 0.2) is 0 Å². The van der Waals surface area contributed by atoms with E-state index in [4.69, 9.17) is 0 Å². The van der Waals surface area contributed by atoms with E-state index < -0.39 is 35.7 Å². The summed E-state index contributed by atoms with van der Waals surface area (Å²) < 4.78 is 0.211. The normalized spacial score (nSPS) is 15.9. The van der Waals surface area contributed by atoms with Crippen LogP contribution in [0.25, 0.3) is 0 Å². The van der Waals surface area contributed by atoms with E-state index in [0.29, 0.717) is 6.54 Å². The summed E-state index contributed by atoms with van der Waals surface area (Å²) in [6.45, 7) is 8.40. The predicted octanol–water partition coefficient (Wildman–Crippen LogP) is 6.61. The van der Waals surface area contributed by atoms with Crippen LogP contribution in [0.4, 0.5) is 0 Å². The molecule has 0 radical (unpaired) electrons. The van der Waals surface area contributed by atoms with Crippen molar-refractivity contribution in [3.05, 3.63) is 12.2 Å². The van der Waals surface area contributed by atoms with Crippen LogP contribution >= 0.6 is 0 Å². The maximum absolute atomic E-state index is 11.6. The monoisotopic (exact) mass is 512 g/mol. The van der Waals surface area contributed by atoms with E-state index in [2.05, 4.69) is 19.1 Å². The molecule has 7 nitrogen and oxygen atoms in total. The number of hydrogen-bond donors (Lipinski definition) is 3. The first-order valence-electron chi connectivity index (χ1n) is 14.2. The molecule has 3 atom stereocenters. The zero-order valence-corrected chi connectivity index (χ0v) is 23.4. The lowest BCUT2D eigenvalue weighted by Gasteiger charge is -2.42. The lowest BCUT2D eigenvalue weighted by Crippen LogP contribution is -2.57. The molecule has 36 heavy (non-hydrogen) atoms. The molecule has 0 aromatic carbocycles. The van der Waals surface area contributed by atoms with Crippen LogP contribution in [0, 0.1) is 17.8 Å². The average molecular weight is 513 g/mol. The van der Waals surface area contributed by atoms with Gasteiger partial charge in [0, 0.05) is 0 Å². The average Bonchev–Trinajstić information content (AvgIpc) is 2.81. The van der Waals surface area contributed by atoms with Gasteiger partial charge in [-0.1, -0.05) is 64.0 Å². The second-order valence-electron chi connectivity index (χ2n) is 10.9. The maximum Gasteiger partial charge on any atom is 0.311 e. The Bertz CT molecular complexity index is 593. The molecule has 0 aliphatic heterocycles. The second kappa shape index (κ2) is 20.2. The summed E-state index contributed by atoms with van der Waals surface area (Å²) >= 11 is 0. The molecule has 0 aromatic heterocycles. The lowest BCUT2D eigenvalue weighted by atomic mass is 10.0. The third-order valence-electron chi connectivity index (χ3n) is 7.14. The van der Waals surface area contributed by atoms with Crippen LogP contribution in [-0.2, 0) is 14.4 Å². The molecular weight excluding hydrogens is 458 g/mol. The third-order valence-corrected chi connectivity index (χ3v) is 7.14. The molecule has 7 heteroatoms. The van der Waals surface area contributed by atoms with Gasteiger partial charge >= 0.3 is 17.9 Å². The molecule has 0 rings (SSSR count). The number of rotatable bonds is 24. The van der Waals surface area contributed by atoms with E-state index in [-0.39, 0.29) is 24.1 Å². The summed E-state index contributed by atoms with van der Waals surface area (Å²) in [5.74, 6) is -4.84. The molecule has 0 aliphatic rings. The van der Waals surface area contributed by atoms with Gasteiger partial charge in [0.2, 0.25) is 0 Å². The van der Waals surface area contributed by atoms with Crippen LogP contribution in [0.2, 0.25) is 0 Å². The highest BCUT2D eigenvalue weighted by atomic mass is 16.4. The Morgan fingerprint density at radius 2 is 0.917 bits per heavy atom. The van der Waals surface area contributed by atoms with Gasteiger partial charge in [0.1, 0.15) is 17.8 Å². The van der Waals surface area contributed by atoms with Gasteiger partial charge in [0.25, 0.3) is 0 Å². The highest BCUT2D eigenvalue weighted by Gasteiger charge is 2.38. The van der Waals surface area contributed by atoms with Crippen LogP contribution in [0.15, 0.2) is 12.2 Å². The van der Waals surface area contributed by atoms with E-state index in [9.17, 15) is 29.7 Å². The number of aliphatic carboxylic acids is 3. The first-order chi connectivity index (χ1) is 17.0. The fourth-order valence-electron chi connectivity index (χ4n) is 4.99.